The predicted octanol–water partition coefficient (Wildman–Crippen LogP) is 11.8. The highest BCUT2D eigenvalue weighted by Crippen LogP contribution is 2.40. The molecule has 0 spiro atoms. The molecule has 0 aliphatic carbocycles. The summed E-state index contributed by atoms with van der Waals surface area (Å²) in [5.41, 5.74) is 10.9. The van der Waals surface area contributed by atoms with Crippen molar-refractivity contribution in [3.8, 4) is 67.5 Å². The Morgan fingerprint density at radius 1 is 0.327 bits per heavy atom. The molecule has 7 aromatic carbocycles. The summed E-state index contributed by atoms with van der Waals surface area (Å²) in [6.07, 6.45) is 0. The summed E-state index contributed by atoms with van der Waals surface area (Å²) in [6.45, 7) is 0. The minimum Gasteiger partial charge on any atom is -0.455 e. The number of para-hydroxylation sites is 1. The summed E-state index contributed by atoms with van der Waals surface area (Å²) in [5.74, 6) is 1.75. The quantitative estimate of drug-likeness (QED) is 0.184. The molecule has 0 radical (unpaired) electrons. The zero-order chi connectivity index (χ0) is 32.6. The highest BCUT2D eigenvalue weighted by atomic mass is 16.3. The first-order valence-corrected chi connectivity index (χ1v) is 16.4. The van der Waals surface area contributed by atoms with E-state index in [0.717, 1.165) is 72.0 Å². The average molecular weight is 628 g/mol. The van der Waals surface area contributed by atoms with Crippen LogP contribution in [-0.4, -0.2) is 15.0 Å². The van der Waals surface area contributed by atoms with Crippen molar-refractivity contribution in [2.24, 2.45) is 0 Å². The lowest BCUT2D eigenvalue weighted by Gasteiger charge is -2.12. The van der Waals surface area contributed by atoms with Gasteiger partial charge in [0.05, 0.1) is 5.56 Å². The van der Waals surface area contributed by atoms with Crippen LogP contribution in [0.1, 0.15) is 0 Å². The van der Waals surface area contributed by atoms with E-state index in [1.165, 1.54) is 0 Å². The molecule has 0 aliphatic rings. The molecule has 0 bridgehead atoms. The maximum absolute atomic E-state index is 6.64. The van der Waals surface area contributed by atoms with Crippen LogP contribution in [0.4, 0.5) is 0 Å². The number of rotatable bonds is 6. The Hall–Kier alpha value is -6.65. The van der Waals surface area contributed by atoms with Crippen molar-refractivity contribution < 1.29 is 4.42 Å². The molecular weight excluding hydrogens is 599 g/mol. The first-order valence-electron chi connectivity index (χ1n) is 16.4. The molecule has 0 aliphatic heterocycles. The number of hydrogen-bond donors (Lipinski definition) is 0. The molecule has 0 saturated carbocycles. The molecule has 2 aromatic heterocycles. The fraction of sp³-hybridized carbons (Fsp3) is 0. The minimum atomic E-state index is 0.557. The van der Waals surface area contributed by atoms with Gasteiger partial charge in [-0.1, -0.05) is 146 Å². The van der Waals surface area contributed by atoms with Crippen molar-refractivity contribution in [1.82, 2.24) is 15.0 Å². The van der Waals surface area contributed by atoms with Crippen LogP contribution >= 0.6 is 0 Å². The van der Waals surface area contributed by atoms with E-state index >= 15 is 0 Å². The van der Waals surface area contributed by atoms with Crippen LogP contribution in [0, 0.1) is 0 Å². The third-order valence-electron chi connectivity index (χ3n) is 8.92. The lowest BCUT2D eigenvalue weighted by Crippen LogP contribution is -2.00. The zero-order valence-corrected chi connectivity index (χ0v) is 26.5. The van der Waals surface area contributed by atoms with Gasteiger partial charge in [-0.05, 0) is 63.7 Å². The van der Waals surface area contributed by atoms with Crippen molar-refractivity contribution in [3.05, 3.63) is 176 Å². The summed E-state index contributed by atoms with van der Waals surface area (Å²) < 4.78 is 6.64. The number of hydrogen-bond acceptors (Lipinski definition) is 4. The molecule has 49 heavy (non-hydrogen) atoms. The monoisotopic (exact) mass is 627 g/mol. The number of aromatic nitrogens is 3. The molecule has 0 amide bonds. The first-order chi connectivity index (χ1) is 24.3. The fourth-order valence-corrected chi connectivity index (χ4v) is 6.58. The largest absolute Gasteiger partial charge is 0.455 e. The predicted molar refractivity (Wildman–Crippen MR) is 200 cm³/mol. The zero-order valence-electron chi connectivity index (χ0n) is 26.5. The molecule has 0 N–H and O–H groups in total. The summed E-state index contributed by atoms with van der Waals surface area (Å²) in [4.78, 5) is 15.4. The van der Waals surface area contributed by atoms with E-state index < -0.39 is 0 Å². The smallest absolute Gasteiger partial charge is 0.167 e. The van der Waals surface area contributed by atoms with E-state index in [4.69, 9.17) is 19.4 Å². The Kier molecular flexibility index (Phi) is 7.10. The van der Waals surface area contributed by atoms with Crippen molar-refractivity contribution in [2.75, 3.05) is 0 Å². The van der Waals surface area contributed by atoms with Gasteiger partial charge in [-0.2, -0.15) is 0 Å². The molecule has 230 valence electrons. The van der Waals surface area contributed by atoms with Gasteiger partial charge in [0.15, 0.2) is 17.5 Å². The van der Waals surface area contributed by atoms with E-state index in [1.807, 2.05) is 66.7 Å². The SMILES string of the molecule is c1ccc(-c2cc(-c3ccccc3)cc(-c3nc(-c4ccccc4)nc(-c4cccc5c4oc4cccc(-c6ccccc6)c45)n3)c2)cc1. The minimum absolute atomic E-state index is 0.557. The molecule has 0 saturated heterocycles. The Morgan fingerprint density at radius 3 is 1.41 bits per heavy atom. The summed E-state index contributed by atoms with van der Waals surface area (Å²) in [5, 5.41) is 2.10. The summed E-state index contributed by atoms with van der Waals surface area (Å²) in [6, 6.07) is 60.4. The van der Waals surface area contributed by atoms with Gasteiger partial charge in [0.2, 0.25) is 0 Å². The molecule has 0 unspecified atom stereocenters. The van der Waals surface area contributed by atoms with Gasteiger partial charge in [-0.25, -0.2) is 15.0 Å². The number of fused-ring (bicyclic) bond motifs is 3. The number of benzene rings is 7. The Labute approximate surface area is 284 Å². The van der Waals surface area contributed by atoms with Crippen LogP contribution in [0.15, 0.2) is 180 Å². The second kappa shape index (κ2) is 12.2. The van der Waals surface area contributed by atoms with Crippen LogP contribution in [0.2, 0.25) is 0 Å². The maximum atomic E-state index is 6.64. The van der Waals surface area contributed by atoms with E-state index in [1.54, 1.807) is 0 Å². The standard InChI is InChI=1S/C45H29N3O/c1-5-15-30(16-6-1)34-27-35(31-17-7-2-8-18-31)29-36(28-34)44-46-43(33-21-11-4-12-22-33)47-45(48-44)39-25-13-24-38-41-37(32-19-9-3-10-20-32)23-14-26-40(41)49-42(38)39/h1-29H. The maximum Gasteiger partial charge on any atom is 0.167 e. The normalized spacial score (nSPS) is 11.3. The average Bonchev–Trinajstić information content (AvgIpc) is 3.58. The third kappa shape index (κ3) is 5.35. The van der Waals surface area contributed by atoms with Crippen molar-refractivity contribution in [2.45, 2.75) is 0 Å². The van der Waals surface area contributed by atoms with Crippen LogP contribution in [0.5, 0.6) is 0 Å². The molecule has 4 heteroatoms. The molecule has 0 atom stereocenters. The molecular formula is C45H29N3O. The first kappa shape index (κ1) is 28.6. The van der Waals surface area contributed by atoms with Gasteiger partial charge in [0.1, 0.15) is 11.2 Å². The Balaban J connectivity index is 1.28. The van der Waals surface area contributed by atoms with E-state index in [9.17, 15) is 0 Å². The molecule has 4 nitrogen and oxygen atoms in total. The van der Waals surface area contributed by atoms with Crippen LogP contribution in [0.3, 0.4) is 0 Å². The summed E-state index contributed by atoms with van der Waals surface area (Å²) in [7, 11) is 0. The Morgan fingerprint density at radius 2 is 0.796 bits per heavy atom. The van der Waals surface area contributed by atoms with Crippen molar-refractivity contribution >= 4 is 21.9 Å². The number of nitrogens with zero attached hydrogens (tertiary/aromatic N) is 3. The lowest BCUT2D eigenvalue weighted by atomic mass is 9.96. The second-order valence-corrected chi connectivity index (χ2v) is 12.0. The van der Waals surface area contributed by atoms with Gasteiger partial charge in [-0.15, -0.1) is 0 Å². The van der Waals surface area contributed by atoms with E-state index in [0.29, 0.717) is 17.5 Å². The van der Waals surface area contributed by atoms with Crippen molar-refractivity contribution in [1.29, 1.82) is 0 Å². The molecule has 9 aromatic rings. The fourth-order valence-electron chi connectivity index (χ4n) is 6.58. The van der Waals surface area contributed by atoms with Gasteiger partial charge in [0, 0.05) is 21.9 Å². The van der Waals surface area contributed by atoms with Gasteiger partial charge in [-0.3, -0.25) is 0 Å². The van der Waals surface area contributed by atoms with Gasteiger partial charge < -0.3 is 4.42 Å². The van der Waals surface area contributed by atoms with E-state index in [2.05, 4.69) is 109 Å². The Bertz CT molecular complexity index is 2520. The second-order valence-electron chi connectivity index (χ2n) is 12.0. The van der Waals surface area contributed by atoms with E-state index in [-0.39, 0.29) is 0 Å². The van der Waals surface area contributed by atoms with Crippen LogP contribution < -0.4 is 0 Å². The van der Waals surface area contributed by atoms with Gasteiger partial charge >= 0.3 is 0 Å². The molecule has 0 fully saturated rings. The molecule has 2 heterocycles. The highest BCUT2D eigenvalue weighted by molar-refractivity contribution is 6.15. The summed E-state index contributed by atoms with van der Waals surface area (Å²) >= 11 is 0. The third-order valence-corrected chi connectivity index (χ3v) is 8.92. The van der Waals surface area contributed by atoms with Gasteiger partial charge in [0.25, 0.3) is 0 Å². The van der Waals surface area contributed by atoms with Crippen LogP contribution in [-0.2, 0) is 0 Å². The number of furan rings is 1. The van der Waals surface area contributed by atoms with Crippen LogP contribution in [0.25, 0.3) is 89.5 Å². The molecule has 9 rings (SSSR count). The van der Waals surface area contributed by atoms with Crippen molar-refractivity contribution in [3.63, 3.8) is 0 Å². The topological polar surface area (TPSA) is 51.8 Å². The lowest BCUT2D eigenvalue weighted by molar-refractivity contribution is 0.669. The highest BCUT2D eigenvalue weighted by Gasteiger charge is 2.20.